The summed E-state index contributed by atoms with van der Waals surface area (Å²) in [7, 11) is 0. The summed E-state index contributed by atoms with van der Waals surface area (Å²) in [4.78, 5) is 8.07. The summed E-state index contributed by atoms with van der Waals surface area (Å²) in [5.41, 5.74) is 11.4. The molecule has 0 amide bonds. The Morgan fingerprint density at radius 3 is 2.17 bits per heavy atom. The first-order valence-electron chi connectivity index (χ1n) is 17.9. The van der Waals surface area contributed by atoms with Crippen LogP contribution in [0.3, 0.4) is 0 Å². The van der Waals surface area contributed by atoms with Crippen molar-refractivity contribution in [3.05, 3.63) is 181 Å². The van der Waals surface area contributed by atoms with Gasteiger partial charge in [-0.2, -0.15) is 0 Å². The van der Waals surface area contributed by atoms with Gasteiger partial charge < -0.3 is 8.98 Å². The van der Waals surface area contributed by atoms with Crippen molar-refractivity contribution in [2.75, 3.05) is 4.90 Å². The van der Waals surface area contributed by atoms with E-state index in [2.05, 4.69) is 173 Å². The molecule has 0 saturated carbocycles. The first kappa shape index (κ1) is 29.3. The molecule has 4 nitrogen and oxygen atoms in total. The summed E-state index contributed by atoms with van der Waals surface area (Å²) in [5.74, 6) is 0.888. The Balaban J connectivity index is 1.16. The minimum Gasteiger partial charge on any atom is -0.453 e. The molecule has 10 aromatic rings. The third-order valence-electron chi connectivity index (χ3n) is 10.8. The largest absolute Gasteiger partial charge is 0.453 e. The fourth-order valence-corrected chi connectivity index (χ4v) is 11.4. The van der Waals surface area contributed by atoms with Gasteiger partial charge in [0.1, 0.15) is 11.3 Å². The van der Waals surface area contributed by atoms with Gasteiger partial charge >= 0.3 is 0 Å². The van der Waals surface area contributed by atoms with Crippen LogP contribution in [0.2, 0.25) is 0 Å². The number of hydrogen-bond donors (Lipinski definition) is 0. The minimum absolute atomic E-state index is 0.849. The van der Waals surface area contributed by atoms with Crippen molar-refractivity contribution in [3.63, 3.8) is 0 Å². The van der Waals surface area contributed by atoms with Gasteiger partial charge in [-0.25, -0.2) is 4.99 Å². The highest BCUT2D eigenvalue weighted by Crippen LogP contribution is 2.53. The molecule has 0 aliphatic carbocycles. The molecule has 0 bridgehead atoms. The Hall–Kier alpha value is -6.31. The Morgan fingerprint density at radius 1 is 0.528 bits per heavy atom. The fraction of sp³-hybridized carbons (Fsp3) is 0. The Kier molecular flexibility index (Phi) is 6.13. The van der Waals surface area contributed by atoms with E-state index < -0.39 is 20.7 Å². The number of amidine groups is 1. The van der Waals surface area contributed by atoms with Crippen molar-refractivity contribution in [1.29, 1.82) is 0 Å². The van der Waals surface area contributed by atoms with Crippen LogP contribution in [0, 0.1) is 0 Å². The predicted molar refractivity (Wildman–Crippen MR) is 230 cm³/mol. The first-order chi connectivity index (χ1) is 26.3. The second-order valence-corrected chi connectivity index (χ2v) is 16.3. The molecule has 53 heavy (non-hydrogen) atoms. The normalized spacial score (nSPS) is 13.6. The van der Waals surface area contributed by atoms with E-state index in [0.717, 1.165) is 31.9 Å². The van der Waals surface area contributed by atoms with E-state index in [4.69, 9.17) is 9.41 Å². The number of para-hydroxylation sites is 3. The Bertz CT molecular complexity index is 3240. The van der Waals surface area contributed by atoms with Gasteiger partial charge in [-0.05, 0) is 96.5 Å². The maximum absolute atomic E-state index is 6.78. The van der Waals surface area contributed by atoms with Gasteiger partial charge in [0.05, 0.1) is 25.9 Å². The molecular weight excluding hydrogens is 761 g/mol. The fourth-order valence-electron chi connectivity index (χ4n) is 8.55. The van der Waals surface area contributed by atoms with Crippen molar-refractivity contribution in [3.8, 4) is 16.8 Å². The topological polar surface area (TPSA) is 33.7 Å². The van der Waals surface area contributed by atoms with Crippen LogP contribution >= 0.6 is 20.7 Å². The SMILES string of the molecule is c1ccc(-n2c3ccccc3c3ccc(C4=IC(N5c6ccc7ccccc7c6-c6cccc7cccc5c67)=Nc5c4oc4ccccc54)cc32)cc1. The van der Waals surface area contributed by atoms with Crippen molar-refractivity contribution in [2.45, 2.75) is 0 Å². The molecule has 2 aliphatic rings. The lowest BCUT2D eigenvalue weighted by molar-refractivity contribution is 0.608. The summed E-state index contributed by atoms with van der Waals surface area (Å²) in [5, 5.41) is 8.51. The number of aliphatic imine (C=N–C) groups is 1. The van der Waals surface area contributed by atoms with E-state index >= 15 is 0 Å². The highest BCUT2D eigenvalue weighted by atomic mass is 127. The lowest BCUT2D eigenvalue weighted by Gasteiger charge is -2.34. The van der Waals surface area contributed by atoms with E-state index in [9.17, 15) is 0 Å². The van der Waals surface area contributed by atoms with Crippen LogP contribution in [0.1, 0.15) is 11.3 Å². The lowest BCUT2D eigenvalue weighted by atomic mass is 9.88. The zero-order chi connectivity index (χ0) is 34.6. The standard InChI is InChI=1S/C48H28IN3O/c1-2-15-32(16-3-1)51-38-21-8-6-18-34(38)35-26-24-31(28-41(35)51)45-47-46(36-19-7-9-23-42(36)53-47)50-48(49-45)52-39-22-11-14-30-13-10-20-37(43(30)39)44-33-17-5-4-12-29(33)25-27-40(44)52/h1-28H. The molecule has 248 valence electrons. The molecule has 2 aliphatic heterocycles. The van der Waals surface area contributed by atoms with Crippen LogP contribution in [0.15, 0.2) is 179 Å². The van der Waals surface area contributed by atoms with E-state index in [1.54, 1.807) is 0 Å². The van der Waals surface area contributed by atoms with Crippen molar-refractivity contribution < 1.29 is 4.42 Å². The van der Waals surface area contributed by atoms with Crippen molar-refractivity contribution >= 4 is 99.5 Å². The highest BCUT2D eigenvalue weighted by Gasteiger charge is 2.33. The number of halogens is 1. The number of aromatic nitrogens is 1. The third-order valence-corrected chi connectivity index (χ3v) is 13.7. The molecule has 0 spiro atoms. The molecule has 0 radical (unpaired) electrons. The van der Waals surface area contributed by atoms with E-state index in [-0.39, 0.29) is 0 Å². The van der Waals surface area contributed by atoms with Crippen molar-refractivity contribution in [1.82, 2.24) is 4.57 Å². The monoisotopic (exact) mass is 789 g/mol. The number of benzene rings is 8. The molecule has 8 aromatic carbocycles. The number of anilines is 2. The summed E-state index contributed by atoms with van der Waals surface area (Å²) in [6, 6.07) is 61.4. The quantitative estimate of drug-likeness (QED) is 0.129. The molecule has 12 rings (SSSR count). The summed E-state index contributed by atoms with van der Waals surface area (Å²) < 4.78 is 11.5. The van der Waals surface area contributed by atoms with Gasteiger partial charge in [0.2, 0.25) is 0 Å². The Labute approximate surface area is 314 Å². The first-order valence-corrected chi connectivity index (χ1v) is 20.0. The molecule has 5 heteroatoms. The molecule has 0 unspecified atom stereocenters. The highest BCUT2D eigenvalue weighted by molar-refractivity contribution is 14.2. The molecule has 0 fully saturated rings. The number of rotatable bonds is 2. The average molecular weight is 790 g/mol. The van der Waals surface area contributed by atoms with E-state index in [1.165, 1.54) is 74.9 Å². The number of nitrogens with zero attached hydrogens (tertiary/aromatic N) is 3. The zero-order valence-electron chi connectivity index (χ0n) is 28.3. The summed E-state index contributed by atoms with van der Waals surface area (Å²) >= 11 is -0.849. The van der Waals surface area contributed by atoms with E-state index in [0.29, 0.717) is 0 Å². The second-order valence-electron chi connectivity index (χ2n) is 13.7. The van der Waals surface area contributed by atoms with Crippen LogP contribution in [-0.4, -0.2) is 11.9 Å². The van der Waals surface area contributed by atoms with Crippen LogP contribution < -0.4 is 4.90 Å². The van der Waals surface area contributed by atoms with Crippen LogP contribution in [-0.2, 0) is 0 Å². The van der Waals surface area contributed by atoms with Gasteiger partial charge in [-0.15, -0.1) is 0 Å². The van der Waals surface area contributed by atoms with Gasteiger partial charge in [-0.1, -0.05) is 121 Å². The summed E-state index contributed by atoms with van der Waals surface area (Å²) in [6.45, 7) is 0. The van der Waals surface area contributed by atoms with Crippen LogP contribution in [0.25, 0.3) is 71.1 Å². The smallest absolute Gasteiger partial charge is 0.172 e. The summed E-state index contributed by atoms with van der Waals surface area (Å²) in [6.07, 6.45) is 0. The third kappa shape index (κ3) is 4.17. The molecule has 0 saturated heterocycles. The molecule has 0 N–H and O–H groups in total. The number of furan rings is 1. The van der Waals surface area contributed by atoms with Gasteiger partial charge in [0.25, 0.3) is 0 Å². The van der Waals surface area contributed by atoms with Crippen LogP contribution in [0.5, 0.6) is 0 Å². The average Bonchev–Trinajstić information content (AvgIpc) is 3.76. The van der Waals surface area contributed by atoms with Crippen LogP contribution in [0.4, 0.5) is 17.1 Å². The maximum Gasteiger partial charge on any atom is 0.172 e. The molecule has 0 atom stereocenters. The minimum atomic E-state index is -0.849. The Morgan fingerprint density at radius 2 is 1.26 bits per heavy atom. The molecule has 2 aromatic heterocycles. The van der Waals surface area contributed by atoms with Gasteiger partial charge in [0, 0.05) is 32.8 Å². The number of hydrogen-bond acceptors (Lipinski definition) is 3. The van der Waals surface area contributed by atoms with E-state index in [1.807, 2.05) is 6.07 Å². The van der Waals surface area contributed by atoms with Crippen molar-refractivity contribution in [2.24, 2.45) is 4.99 Å². The number of fused-ring (bicyclic) bond motifs is 10. The predicted octanol–water partition coefficient (Wildman–Crippen LogP) is 13.2. The van der Waals surface area contributed by atoms with Gasteiger partial charge in [-0.3, -0.25) is 4.90 Å². The molecule has 4 heterocycles. The second kappa shape index (κ2) is 11.1. The lowest BCUT2D eigenvalue weighted by Crippen LogP contribution is -2.26. The molecular formula is C48H28IN3O. The maximum atomic E-state index is 6.78. The van der Waals surface area contributed by atoms with Gasteiger partial charge in [0.15, 0.2) is 9.60 Å². The zero-order valence-corrected chi connectivity index (χ0v) is 30.5.